The fourth-order valence-corrected chi connectivity index (χ4v) is 3.40. The van der Waals surface area contributed by atoms with Crippen molar-refractivity contribution in [3.63, 3.8) is 0 Å². The van der Waals surface area contributed by atoms with Crippen LogP contribution in [0.1, 0.15) is 35.2 Å². The first-order chi connectivity index (χ1) is 14.6. The molecule has 0 aliphatic heterocycles. The summed E-state index contributed by atoms with van der Waals surface area (Å²) in [5.41, 5.74) is 3.21. The van der Waals surface area contributed by atoms with Gasteiger partial charge in [0.05, 0.1) is 5.69 Å². The number of rotatable bonds is 7. The van der Waals surface area contributed by atoms with Gasteiger partial charge in [0, 0.05) is 12.1 Å². The minimum atomic E-state index is -0.151. The normalized spacial score (nSPS) is 11.9. The van der Waals surface area contributed by atoms with Gasteiger partial charge in [0.2, 0.25) is 0 Å². The van der Waals surface area contributed by atoms with Crippen molar-refractivity contribution >= 4 is 5.91 Å². The van der Waals surface area contributed by atoms with E-state index >= 15 is 0 Å². The molecular weight excluding hydrogens is 374 g/mol. The van der Waals surface area contributed by atoms with E-state index in [1.165, 1.54) is 5.56 Å². The Balaban J connectivity index is 1.55. The van der Waals surface area contributed by atoms with E-state index in [1.807, 2.05) is 74.5 Å². The lowest BCUT2D eigenvalue weighted by Gasteiger charge is -2.14. The Bertz CT molecular complexity index is 1110. The van der Waals surface area contributed by atoms with E-state index in [9.17, 15) is 4.79 Å². The molecule has 1 N–H and O–H groups in total. The third kappa shape index (κ3) is 4.51. The van der Waals surface area contributed by atoms with Crippen molar-refractivity contribution in [1.29, 1.82) is 0 Å². The van der Waals surface area contributed by atoms with E-state index in [1.54, 1.807) is 10.7 Å². The zero-order valence-corrected chi connectivity index (χ0v) is 17.2. The number of hydrogen-bond acceptors (Lipinski definition) is 3. The fourth-order valence-electron chi connectivity index (χ4n) is 3.40. The number of amides is 1. The summed E-state index contributed by atoms with van der Waals surface area (Å²) in [4.78, 5) is 13.1. The molecule has 152 valence electrons. The van der Waals surface area contributed by atoms with Gasteiger partial charge in [0.25, 0.3) is 5.91 Å². The van der Waals surface area contributed by atoms with Crippen molar-refractivity contribution < 1.29 is 9.21 Å². The molecule has 0 radical (unpaired) electrons. The largest absolute Gasteiger partial charge is 0.460 e. The van der Waals surface area contributed by atoms with Gasteiger partial charge in [-0.2, -0.15) is 5.10 Å². The number of carbonyl (C=O) groups is 1. The van der Waals surface area contributed by atoms with Crippen molar-refractivity contribution in [3.8, 4) is 17.1 Å². The summed E-state index contributed by atoms with van der Waals surface area (Å²) < 4.78 is 7.39. The van der Waals surface area contributed by atoms with Gasteiger partial charge in [-0.05, 0) is 56.5 Å². The zero-order valence-electron chi connectivity index (χ0n) is 17.2. The second-order valence-electron chi connectivity index (χ2n) is 7.47. The number of carbonyl (C=O) groups excluding carboxylic acids is 1. The average Bonchev–Trinajstić information content (AvgIpc) is 3.40. The van der Waals surface area contributed by atoms with Crippen molar-refractivity contribution in [2.75, 3.05) is 0 Å². The minimum absolute atomic E-state index is 0.0335. The number of para-hydroxylation sites is 1. The van der Waals surface area contributed by atoms with Crippen LogP contribution in [-0.2, 0) is 6.42 Å². The van der Waals surface area contributed by atoms with Crippen molar-refractivity contribution in [3.05, 3.63) is 95.9 Å². The fraction of sp³-hybridized carbons (Fsp3) is 0.200. The summed E-state index contributed by atoms with van der Waals surface area (Å²) in [5, 5.41) is 7.76. The van der Waals surface area contributed by atoms with E-state index < -0.39 is 0 Å². The Morgan fingerprint density at radius 1 is 1.03 bits per heavy atom. The number of furan rings is 1. The summed E-state index contributed by atoms with van der Waals surface area (Å²) in [6.45, 7) is 3.92. The molecule has 0 fully saturated rings. The Morgan fingerprint density at radius 2 is 1.73 bits per heavy atom. The molecule has 0 spiro atoms. The highest BCUT2D eigenvalue weighted by Crippen LogP contribution is 2.24. The van der Waals surface area contributed by atoms with Crippen LogP contribution in [0.3, 0.4) is 0 Å². The van der Waals surface area contributed by atoms with Crippen LogP contribution in [0.2, 0.25) is 0 Å². The molecule has 0 saturated carbocycles. The Labute approximate surface area is 176 Å². The maximum Gasteiger partial charge on any atom is 0.270 e. The predicted molar refractivity (Wildman–Crippen MR) is 118 cm³/mol. The average molecular weight is 399 g/mol. The van der Waals surface area contributed by atoms with E-state index in [4.69, 9.17) is 4.42 Å². The second kappa shape index (κ2) is 8.82. The van der Waals surface area contributed by atoms with Crippen LogP contribution in [0.5, 0.6) is 0 Å². The summed E-state index contributed by atoms with van der Waals surface area (Å²) in [6, 6.07) is 25.5. The van der Waals surface area contributed by atoms with Crippen LogP contribution in [-0.4, -0.2) is 21.7 Å². The molecule has 5 nitrogen and oxygen atoms in total. The third-order valence-electron chi connectivity index (χ3n) is 5.02. The lowest BCUT2D eigenvalue weighted by Crippen LogP contribution is -2.34. The first-order valence-corrected chi connectivity index (χ1v) is 10.2. The summed E-state index contributed by atoms with van der Waals surface area (Å²) >= 11 is 0. The quantitative estimate of drug-likeness (QED) is 0.465. The van der Waals surface area contributed by atoms with Crippen LogP contribution in [0.4, 0.5) is 0 Å². The molecule has 0 unspecified atom stereocenters. The summed E-state index contributed by atoms with van der Waals surface area (Å²) in [5.74, 6) is 1.30. The molecule has 2 heterocycles. The van der Waals surface area contributed by atoms with Crippen LogP contribution in [0.15, 0.2) is 83.3 Å². The van der Waals surface area contributed by atoms with Crippen LogP contribution < -0.4 is 5.32 Å². The van der Waals surface area contributed by atoms with Crippen LogP contribution in [0.25, 0.3) is 17.1 Å². The number of nitrogens with one attached hydrogen (secondary N) is 1. The van der Waals surface area contributed by atoms with E-state index in [0.29, 0.717) is 17.1 Å². The number of hydrogen-bond donors (Lipinski definition) is 1. The van der Waals surface area contributed by atoms with Gasteiger partial charge in [-0.25, -0.2) is 4.68 Å². The smallest absolute Gasteiger partial charge is 0.270 e. The van der Waals surface area contributed by atoms with E-state index in [0.717, 1.165) is 24.3 Å². The zero-order chi connectivity index (χ0) is 20.9. The molecule has 5 heteroatoms. The molecule has 1 amide bonds. The number of aromatic nitrogens is 2. The predicted octanol–water partition coefficient (Wildman–Crippen LogP) is 5.19. The molecule has 4 rings (SSSR count). The second-order valence-corrected chi connectivity index (χ2v) is 7.47. The van der Waals surface area contributed by atoms with Crippen molar-refractivity contribution in [2.45, 2.75) is 32.7 Å². The summed E-state index contributed by atoms with van der Waals surface area (Å²) in [6.07, 6.45) is 1.77. The molecule has 30 heavy (non-hydrogen) atoms. The first-order valence-electron chi connectivity index (χ1n) is 10.2. The molecule has 0 bridgehead atoms. The molecular formula is C25H25N3O2. The summed E-state index contributed by atoms with van der Waals surface area (Å²) in [7, 11) is 0. The van der Waals surface area contributed by atoms with Gasteiger partial charge in [0.1, 0.15) is 17.1 Å². The topological polar surface area (TPSA) is 60.1 Å². The van der Waals surface area contributed by atoms with Crippen LogP contribution >= 0.6 is 0 Å². The Kier molecular flexibility index (Phi) is 5.80. The van der Waals surface area contributed by atoms with Gasteiger partial charge in [0.15, 0.2) is 5.76 Å². The van der Waals surface area contributed by atoms with Crippen molar-refractivity contribution in [2.24, 2.45) is 0 Å². The molecule has 1 atom stereocenters. The van der Waals surface area contributed by atoms with Crippen LogP contribution in [0, 0.1) is 6.92 Å². The Hall–Kier alpha value is -3.60. The van der Waals surface area contributed by atoms with E-state index in [2.05, 4.69) is 22.5 Å². The number of benzene rings is 2. The maximum atomic E-state index is 13.1. The van der Waals surface area contributed by atoms with Gasteiger partial charge < -0.3 is 9.73 Å². The molecule has 0 aliphatic rings. The highest BCUT2D eigenvalue weighted by molar-refractivity contribution is 5.94. The maximum absolute atomic E-state index is 13.1. The van der Waals surface area contributed by atoms with Gasteiger partial charge >= 0.3 is 0 Å². The lowest BCUT2D eigenvalue weighted by atomic mass is 10.1. The minimum Gasteiger partial charge on any atom is -0.460 e. The molecule has 2 aromatic heterocycles. The van der Waals surface area contributed by atoms with Crippen molar-refractivity contribution in [1.82, 2.24) is 15.1 Å². The van der Waals surface area contributed by atoms with Gasteiger partial charge in [-0.3, -0.25) is 4.79 Å². The highest BCUT2D eigenvalue weighted by Gasteiger charge is 2.20. The van der Waals surface area contributed by atoms with Gasteiger partial charge in [-0.15, -0.1) is 0 Å². The number of nitrogens with zero attached hydrogens (tertiary/aromatic N) is 2. The molecule has 2 aromatic carbocycles. The molecule has 0 aliphatic carbocycles. The SMILES string of the molecule is Cc1ccc(-c2cc(C(=O)N[C@H](C)CCc3ccccc3)n(-c3ccccc3)n2)o1. The highest BCUT2D eigenvalue weighted by atomic mass is 16.3. The third-order valence-corrected chi connectivity index (χ3v) is 5.02. The lowest BCUT2D eigenvalue weighted by molar-refractivity contribution is 0.0930. The number of aryl methyl sites for hydroxylation is 2. The van der Waals surface area contributed by atoms with E-state index in [-0.39, 0.29) is 11.9 Å². The first kappa shape index (κ1) is 19.7. The standard InChI is InChI=1S/C25H25N3O2/c1-18(13-15-20-9-5-3-6-10-20)26-25(29)23-17-22(24-16-14-19(2)30-24)27-28(23)21-11-7-4-8-12-21/h3-12,14,16-18H,13,15H2,1-2H3,(H,26,29)/t18-/m1/s1. The molecule has 4 aromatic rings. The van der Waals surface area contributed by atoms with Gasteiger partial charge in [-0.1, -0.05) is 48.5 Å². The molecule has 0 saturated heterocycles. The Morgan fingerprint density at radius 3 is 2.40 bits per heavy atom. The monoisotopic (exact) mass is 399 g/mol.